The Morgan fingerprint density at radius 3 is 2.65 bits per heavy atom. The topological polar surface area (TPSA) is 115 Å². The second-order valence-electron chi connectivity index (χ2n) is 5.25. The van der Waals surface area contributed by atoms with E-state index in [1.165, 1.54) is 0 Å². The molecule has 7 nitrogen and oxygen atoms in total. The van der Waals surface area contributed by atoms with Gasteiger partial charge < -0.3 is 34.9 Å². The molecule has 5 atom stereocenters. The van der Waals surface area contributed by atoms with Gasteiger partial charge in [0.25, 0.3) is 0 Å². The van der Waals surface area contributed by atoms with Crippen molar-refractivity contribution in [3.05, 3.63) is 27.8 Å². The number of nitrogens with one attached hydrogen (secondary N) is 1. The second-order valence-corrected chi connectivity index (χ2v) is 6.48. The van der Waals surface area contributed by atoms with Crippen molar-refractivity contribution in [2.75, 3.05) is 6.61 Å². The number of hydrogen-bond donors (Lipinski definition) is 5. The van der Waals surface area contributed by atoms with Gasteiger partial charge in [0.1, 0.15) is 30.2 Å². The van der Waals surface area contributed by atoms with Crippen molar-refractivity contribution in [3.63, 3.8) is 0 Å². The highest BCUT2D eigenvalue weighted by atomic mass is 79.9. The molecule has 23 heavy (non-hydrogen) atoms. The maximum atomic E-state index is 10.0. The summed E-state index contributed by atoms with van der Waals surface area (Å²) >= 11 is 9.58. The Morgan fingerprint density at radius 2 is 1.96 bits per heavy atom. The average Bonchev–Trinajstić information content (AvgIpc) is 2.95. The first-order valence-electron chi connectivity index (χ1n) is 6.86. The van der Waals surface area contributed by atoms with E-state index in [-0.39, 0.29) is 0 Å². The van der Waals surface area contributed by atoms with Crippen molar-refractivity contribution < 1.29 is 29.9 Å². The number of fused-ring (bicyclic) bond motifs is 1. The predicted molar refractivity (Wildman–Crippen MR) is 85.4 cm³/mol. The fourth-order valence-corrected chi connectivity index (χ4v) is 3.10. The predicted octanol–water partition coefficient (Wildman–Crippen LogP) is 0.762. The van der Waals surface area contributed by atoms with Crippen LogP contribution in [0.4, 0.5) is 0 Å². The first kappa shape index (κ1) is 17.0. The summed E-state index contributed by atoms with van der Waals surface area (Å²) in [6.45, 7) is -0.523. The molecule has 1 saturated heterocycles. The van der Waals surface area contributed by atoms with Crippen LogP contribution >= 0.6 is 27.5 Å². The summed E-state index contributed by atoms with van der Waals surface area (Å²) in [5.74, 6) is 0.315. The van der Waals surface area contributed by atoms with E-state index in [1.54, 1.807) is 18.3 Å². The van der Waals surface area contributed by atoms with E-state index in [0.717, 1.165) is 5.52 Å². The number of aliphatic hydroxyl groups excluding tert-OH is 4. The van der Waals surface area contributed by atoms with Crippen molar-refractivity contribution in [2.24, 2.45) is 0 Å². The van der Waals surface area contributed by atoms with E-state index >= 15 is 0 Å². The summed E-state index contributed by atoms with van der Waals surface area (Å²) in [5.41, 5.74) is 0.720. The molecule has 5 N–H and O–H groups in total. The van der Waals surface area contributed by atoms with Gasteiger partial charge in [-0.3, -0.25) is 0 Å². The lowest BCUT2D eigenvalue weighted by atomic mass is 9.99. The molecule has 9 heteroatoms. The zero-order chi connectivity index (χ0) is 16.7. The lowest BCUT2D eigenvalue weighted by Crippen LogP contribution is -2.60. The smallest absolute Gasteiger partial charge is 0.229 e. The summed E-state index contributed by atoms with van der Waals surface area (Å²) in [6, 6.07) is 3.57. The normalized spacial score (nSPS) is 31.5. The Hall–Kier alpha value is -0.870. The van der Waals surface area contributed by atoms with Gasteiger partial charge in [-0.2, -0.15) is 0 Å². The highest BCUT2D eigenvalue weighted by molar-refractivity contribution is 9.10. The maximum Gasteiger partial charge on any atom is 0.229 e. The van der Waals surface area contributed by atoms with E-state index < -0.39 is 37.3 Å². The van der Waals surface area contributed by atoms with Gasteiger partial charge in [-0.15, -0.1) is 0 Å². The molecular formula is C14H15BrClNO6. The third kappa shape index (κ3) is 2.96. The standard InChI is InChI=1S/C14H15BrClNO6/c15-5-1-2-6-9(10(5)16)7(3-17-6)22-14-13(21)12(20)11(19)8(4-18)23-14/h1-3,8,11-14,17-21H,4H2/t8?,11-,12+,13?,14-/m0/s1. The lowest BCUT2D eigenvalue weighted by molar-refractivity contribution is -0.277. The molecule has 3 rings (SSSR count). The molecule has 0 bridgehead atoms. The Morgan fingerprint density at radius 1 is 1.22 bits per heavy atom. The molecule has 126 valence electrons. The maximum absolute atomic E-state index is 10.0. The second kappa shape index (κ2) is 6.56. The highest BCUT2D eigenvalue weighted by Crippen LogP contribution is 2.38. The molecule has 1 aromatic heterocycles. The van der Waals surface area contributed by atoms with E-state index in [0.29, 0.717) is 20.6 Å². The molecule has 1 aliphatic heterocycles. The lowest BCUT2D eigenvalue weighted by Gasteiger charge is -2.39. The van der Waals surface area contributed by atoms with E-state index in [4.69, 9.17) is 21.1 Å². The Labute approximate surface area is 144 Å². The Bertz CT molecular complexity index is 708. The van der Waals surface area contributed by atoms with Crippen molar-refractivity contribution in [1.82, 2.24) is 4.98 Å². The number of ether oxygens (including phenoxy) is 2. The molecule has 1 fully saturated rings. The van der Waals surface area contributed by atoms with Gasteiger partial charge in [0.2, 0.25) is 6.29 Å². The summed E-state index contributed by atoms with van der Waals surface area (Å²) < 4.78 is 11.6. The van der Waals surface area contributed by atoms with Crippen LogP contribution in [0.3, 0.4) is 0 Å². The quantitative estimate of drug-likeness (QED) is 0.512. The number of aliphatic hydroxyl groups is 4. The molecule has 1 aromatic carbocycles. The number of benzene rings is 1. The molecule has 2 aromatic rings. The number of halogens is 2. The monoisotopic (exact) mass is 407 g/mol. The van der Waals surface area contributed by atoms with Crippen molar-refractivity contribution in [3.8, 4) is 5.75 Å². The molecule has 0 radical (unpaired) electrons. The Kier molecular flexibility index (Phi) is 4.84. The largest absolute Gasteiger partial charge is 0.460 e. The third-order valence-corrected chi connectivity index (χ3v) is 5.07. The van der Waals surface area contributed by atoms with Gasteiger partial charge >= 0.3 is 0 Å². The van der Waals surface area contributed by atoms with Gasteiger partial charge in [-0.1, -0.05) is 11.6 Å². The summed E-state index contributed by atoms with van der Waals surface area (Å²) in [5, 5.41) is 39.8. The van der Waals surface area contributed by atoms with Crippen molar-refractivity contribution in [1.29, 1.82) is 0 Å². The van der Waals surface area contributed by atoms with Crippen LogP contribution in [0.1, 0.15) is 0 Å². The molecule has 2 heterocycles. The minimum Gasteiger partial charge on any atom is -0.460 e. The molecule has 0 saturated carbocycles. The number of aromatic nitrogens is 1. The van der Waals surface area contributed by atoms with Crippen molar-refractivity contribution in [2.45, 2.75) is 30.7 Å². The van der Waals surface area contributed by atoms with Crippen LogP contribution in [0.15, 0.2) is 22.8 Å². The molecule has 2 unspecified atom stereocenters. The van der Waals surface area contributed by atoms with Crippen LogP contribution in [0.5, 0.6) is 5.75 Å². The molecule has 0 amide bonds. The van der Waals surface area contributed by atoms with Crippen LogP contribution in [0.25, 0.3) is 10.9 Å². The minimum atomic E-state index is -1.50. The molecule has 0 spiro atoms. The Balaban J connectivity index is 1.91. The third-order valence-electron chi connectivity index (χ3n) is 3.79. The van der Waals surface area contributed by atoms with Crippen LogP contribution in [-0.4, -0.2) is 62.7 Å². The van der Waals surface area contributed by atoms with Gasteiger partial charge in [0, 0.05) is 10.7 Å². The first-order valence-corrected chi connectivity index (χ1v) is 8.03. The number of rotatable bonds is 3. The number of aromatic amines is 1. The zero-order valence-corrected chi connectivity index (χ0v) is 14.0. The highest BCUT2D eigenvalue weighted by Gasteiger charge is 2.44. The molecule has 0 aliphatic carbocycles. The van der Waals surface area contributed by atoms with Gasteiger partial charge in [0.05, 0.1) is 22.5 Å². The molecular weight excluding hydrogens is 394 g/mol. The summed E-state index contributed by atoms with van der Waals surface area (Å²) in [7, 11) is 0. The fourth-order valence-electron chi connectivity index (χ4n) is 2.51. The summed E-state index contributed by atoms with van der Waals surface area (Å²) in [4.78, 5) is 2.98. The van der Waals surface area contributed by atoms with E-state index in [2.05, 4.69) is 20.9 Å². The van der Waals surface area contributed by atoms with E-state index in [1.807, 2.05) is 0 Å². The van der Waals surface area contributed by atoms with Gasteiger partial charge in [-0.25, -0.2) is 0 Å². The fraction of sp³-hybridized carbons (Fsp3) is 0.429. The van der Waals surface area contributed by atoms with E-state index in [9.17, 15) is 20.4 Å². The first-order chi connectivity index (χ1) is 10.9. The number of hydrogen-bond acceptors (Lipinski definition) is 6. The van der Waals surface area contributed by atoms with Gasteiger partial charge in [0.15, 0.2) is 0 Å². The van der Waals surface area contributed by atoms with Crippen LogP contribution in [0.2, 0.25) is 5.02 Å². The SMILES string of the molecule is OCC1O[C@H](Oc2c[nH]c3ccc(Br)c(Cl)c23)C(O)[C@H](O)[C@H]1O. The summed E-state index contributed by atoms with van der Waals surface area (Å²) in [6.07, 6.45) is -5.17. The zero-order valence-electron chi connectivity index (χ0n) is 11.7. The van der Waals surface area contributed by atoms with Crippen LogP contribution in [-0.2, 0) is 4.74 Å². The minimum absolute atomic E-state index is 0.315. The van der Waals surface area contributed by atoms with Crippen molar-refractivity contribution >= 4 is 38.4 Å². The van der Waals surface area contributed by atoms with Crippen LogP contribution in [0, 0.1) is 0 Å². The average molecular weight is 409 g/mol. The van der Waals surface area contributed by atoms with Gasteiger partial charge in [-0.05, 0) is 28.1 Å². The molecule has 1 aliphatic rings. The van der Waals surface area contributed by atoms with Crippen LogP contribution < -0.4 is 4.74 Å². The number of H-pyrrole nitrogens is 1.